The molecule has 0 spiro atoms. The molecule has 0 N–H and O–H groups in total. The van der Waals surface area contributed by atoms with Crippen molar-refractivity contribution in [3.05, 3.63) is 98.3 Å². The van der Waals surface area contributed by atoms with Crippen LogP contribution < -0.4 is 19.8 Å². The molecule has 0 bridgehead atoms. The second-order valence-corrected chi connectivity index (χ2v) is 9.13. The minimum absolute atomic E-state index is 0.0583. The number of fused-ring (bicyclic) bond motifs is 2. The van der Waals surface area contributed by atoms with Crippen LogP contribution in [0.5, 0.6) is 11.5 Å². The van der Waals surface area contributed by atoms with E-state index in [-0.39, 0.29) is 17.1 Å². The summed E-state index contributed by atoms with van der Waals surface area (Å²) in [6.45, 7) is 4.95. The van der Waals surface area contributed by atoms with Gasteiger partial charge in [-0.25, -0.2) is 0 Å². The Morgan fingerprint density at radius 2 is 1.74 bits per heavy atom. The summed E-state index contributed by atoms with van der Waals surface area (Å²) < 4.78 is 18.5. The average molecular weight is 534 g/mol. The molecule has 0 fully saturated rings. The first-order valence-electron chi connectivity index (χ1n) is 11.6. The van der Waals surface area contributed by atoms with Crippen LogP contribution in [0.4, 0.5) is 5.69 Å². The second kappa shape index (κ2) is 9.58. The number of hydrogen-bond acceptors (Lipinski definition) is 5. The number of amides is 1. The van der Waals surface area contributed by atoms with Gasteiger partial charge in [-0.05, 0) is 61.4 Å². The van der Waals surface area contributed by atoms with Crippen LogP contribution in [0.15, 0.2) is 80.4 Å². The number of rotatable bonds is 7. The van der Waals surface area contributed by atoms with Crippen molar-refractivity contribution in [2.24, 2.45) is 0 Å². The average Bonchev–Trinajstić information content (AvgIpc) is 3.17. The van der Waals surface area contributed by atoms with Crippen molar-refractivity contribution in [1.29, 1.82) is 0 Å². The van der Waals surface area contributed by atoms with E-state index in [2.05, 4.69) is 15.9 Å². The Hall–Kier alpha value is -3.58. The van der Waals surface area contributed by atoms with Gasteiger partial charge in [0.1, 0.15) is 5.58 Å². The summed E-state index contributed by atoms with van der Waals surface area (Å²) in [4.78, 5) is 29.1. The molecule has 6 nitrogen and oxygen atoms in total. The molecular weight excluding hydrogens is 510 g/mol. The van der Waals surface area contributed by atoms with Crippen molar-refractivity contribution in [2.75, 3.05) is 18.1 Å². The zero-order valence-electron chi connectivity index (χ0n) is 19.4. The van der Waals surface area contributed by atoms with Crippen LogP contribution in [0.1, 0.15) is 48.0 Å². The molecule has 0 saturated heterocycles. The summed E-state index contributed by atoms with van der Waals surface area (Å²) in [6.07, 6.45) is 0.864. The molecule has 35 heavy (non-hydrogen) atoms. The molecule has 178 valence electrons. The highest BCUT2D eigenvalue weighted by Crippen LogP contribution is 2.43. The van der Waals surface area contributed by atoms with Crippen LogP contribution in [-0.4, -0.2) is 19.1 Å². The van der Waals surface area contributed by atoms with E-state index in [1.807, 2.05) is 62.4 Å². The normalized spacial score (nSPS) is 14.9. The lowest BCUT2D eigenvalue weighted by Gasteiger charge is -2.26. The highest BCUT2D eigenvalue weighted by atomic mass is 79.9. The number of ether oxygens (including phenoxy) is 2. The first kappa shape index (κ1) is 23.2. The molecule has 4 aromatic rings. The van der Waals surface area contributed by atoms with Crippen molar-refractivity contribution >= 4 is 38.5 Å². The zero-order valence-corrected chi connectivity index (χ0v) is 21.0. The molecule has 0 radical (unpaired) electrons. The Morgan fingerprint density at radius 1 is 0.943 bits per heavy atom. The van der Waals surface area contributed by atoms with Gasteiger partial charge in [-0.3, -0.25) is 14.5 Å². The van der Waals surface area contributed by atoms with Crippen LogP contribution in [-0.2, 0) is 0 Å². The zero-order chi connectivity index (χ0) is 24.5. The largest absolute Gasteiger partial charge is 0.490 e. The second-order valence-electron chi connectivity index (χ2n) is 8.22. The maximum absolute atomic E-state index is 13.8. The molecule has 5 rings (SSSR count). The van der Waals surface area contributed by atoms with E-state index in [9.17, 15) is 9.59 Å². The van der Waals surface area contributed by atoms with Gasteiger partial charge < -0.3 is 13.9 Å². The molecule has 1 unspecified atom stereocenters. The van der Waals surface area contributed by atoms with Crippen LogP contribution in [0.2, 0.25) is 0 Å². The van der Waals surface area contributed by atoms with Gasteiger partial charge in [-0.15, -0.1) is 0 Å². The topological polar surface area (TPSA) is 69.0 Å². The molecule has 0 saturated carbocycles. The number of carbonyl (C=O) groups is 1. The number of halogens is 1. The fraction of sp³-hybridized carbons (Fsp3) is 0.214. The van der Waals surface area contributed by atoms with Crippen molar-refractivity contribution in [2.45, 2.75) is 26.3 Å². The summed E-state index contributed by atoms with van der Waals surface area (Å²) in [5.41, 5.74) is 1.85. The number of nitrogens with zero attached hydrogens (tertiary/aromatic N) is 1. The number of anilines is 1. The van der Waals surface area contributed by atoms with Crippen LogP contribution in [0.25, 0.3) is 11.0 Å². The smallest absolute Gasteiger partial charge is 0.295 e. The van der Waals surface area contributed by atoms with E-state index in [1.54, 1.807) is 23.1 Å². The first-order valence-corrected chi connectivity index (χ1v) is 12.4. The summed E-state index contributed by atoms with van der Waals surface area (Å²) in [5, 5.41) is 0.416. The molecule has 1 atom stereocenters. The van der Waals surface area contributed by atoms with E-state index in [1.165, 1.54) is 0 Å². The van der Waals surface area contributed by atoms with E-state index in [4.69, 9.17) is 13.9 Å². The summed E-state index contributed by atoms with van der Waals surface area (Å²) in [5.74, 6) is 0.897. The third kappa shape index (κ3) is 4.10. The molecule has 2 heterocycles. The van der Waals surface area contributed by atoms with Gasteiger partial charge in [0.15, 0.2) is 16.9 Å². The highest BCUT2D eigenvalue weighted by molar-refractivity contribution is 9.10. The number of carbonyl (C=O) groups excluding carboxylic acids is 1. The van der Waals surface area contributed by atoms with Crippen molar-refractivity contribution in [3.63, 3.8) is 0 Å². The van der Waals surface area contributed by atoms with Crippen LogP contribution in [0.3, 0.4) is 0 Å². The van der Waals surface area contributed by atoms with E-state index >= 15 is 0 Å². The third-order valence-corrected chi connectivity index (χ3v) is 6.40. The minimum atomic E-state index is -0.682. The first-order chi connectivity index (χ1) is 17.0. The Labute approximate surface area is 211 Å². The third-order valence-electron chi connectivity index (χ3n) is 5.91. The Balaban J connectivity index is 1.75. The summed E-state index contributed by atoms with van der Waals surface area (Å²) in [6, 6.07) is 19.4. The van der Waals surface area contributed by atoms with Gasteiger partial charge in [-0.2, -0.15) is 0 Å². The summed E-state index contributed by atoms with van der Waals surface area (Å²) in [7, 11) is 0. The van der Waals surface area contributed by atoms with Gasteiger partial charge >= 0.3 is 0 Å². The molecule has 7 heteroatoms. The van der Waals surface area contributed by atoms with Crippen LogP contribution in [0, 0.1) is 0 Å². The molecular formula is C28H24BrNO5. The Bertz CT molecular complexity index is 1460. The van der Waals surface area contributed by atoms with Gasteiger partial charge in [0.25, 0.3) is 5.91 Å². The molecule has 1 aromatic heterocycles. The highest BCUT2D eigenvalue weighted by Gasteiger charge is 2.43. The monoisotopic (exact) mass is 533 g/mol. The standard InChI is InChI=1S/C28H24BrNO5/c1-3-14-34-22-12-10-17(15-23(22)33-4-2)25-24-26(31)20-16-18(29)11-13-21(20)35-27(24)28(32)30(25)19-8-6-5-7-9-19/h5-13,15-16,25H,3-4,14H2,1-2H3. The fourth-order valence-electron chi connectivity index (χ4n) is 4.41. The lowest BCUT2D eigenvalue weighted by Crippen LogP contribution is -2.29. The molecule has 0 aliphatic carbocycles. The maximum Gasteiger partial charge on any atom is 0.295 e. The Kier molecular flexibility index (Phi) is 6.34. The van der Waals surface area contributed by atoms with Gasteiger partial charge in [0.05, 0.1) is 30.2 Å². The lowest BCUT2D eigenvalue weighted by molar-refractivity contribution is 0.0971. The number of benzene rings is 3. The molecule has 1 aliphatic heterocycles. The van der Waals surface area contributed by atoms with Gasteiger partial charge in [0.2, 0.25) is 5.76 Å². The SMILES string of the molecule is CCCOc1ccc(C2c3c(oc4ccc(Br)cc4c3=O)C(=O)N2c2ccccc2)cc1OCC. The quantitative estimate of drug-likeness (QED) is 0.271. The van der Waals surface area contributed by atoms with Crippen molar-refractivity contribution < 1.29 is 18.7 Å². The number of para-hydroxylation sites is 1. The van der Waals surface area contributed by atoms with Crippen molar-refractivity contribution in [1.82, 2.24) is 0 Å². The predicted octanol–water partition coefficient (Wildman–Crippen LogP) is 6.49. The van der Waals surface area contributed by atoms with Crippen LogP contribution >= 0.6 is 15.9 Å². The molecule has 1 amide bonds. The van der Waals surface area contributed by atoms with Crippen molar-refractivity contribution in [3.8, 4) is 11.5 Å². The maximum atomic E-state index is 13.8. The Morgan fingerprint density at radius 3 is 2.49 bits per heavy atom. The predicted molar refractivity (Wildman–Crippen MR) is 139 cm³/mol. The number of hydrogen-bond donors (Lipinski definition) is 0. The van der Waals surface area contributed by atoms with Gasteiger partial charge in [0, 0.05) is 10.2 Å². The van der Waals surface area contributed by atoms with E-state index in [0.717, 1.165) is 16.5 Å². The summed E-state index contributed by atoms with van der Waals surface area (Å²) >= 11 is 3.43. The fourth-order valence-corrected chi connectivity index (χ4v) is 4.77. The molecule has 1 aliphatic rings. The molecule has 3 aromatic carbocycles. The van der Waals surface area contributed by atoms with E-state index in [0.29, 0.717) is 46.9 Å². The van der Waals surface area contributed by atoms with Gasteiger partial charge in [-0.1, -0.05) is 47.1 Å². The lowest BCUT2D eigenvalue weighted by atomic mass is 9.97. The van der Waals surface area contributed by atoms with E-state index < -0.39 is 6.04 Å². The minimum Gasteiger partial charge on any atom is -0.490 e.